The van der Waals surface area contributed by atoms with E-state index in [0.29, 0.717) is 27.4 Å². The van der Waals surface area contributed by atoms with Crippen LogP contribution in [0.2, 0.25) is 15.1 Å². The lowest BCUT2D eigenvalue weighted by molar-refractivity contribution is -0.123. The number of nitrogens with zero attached hydrogens (tertiary/aromatic N) is 2. The van der Waals surface area contributed by atoms with E-state index in [1.807, 2.05) is 36.4 Å². The van der Waals surface area contributed by atoms with Gasteiger partial charge in [0, 0.05) is 65.5 Å². The molecule has 5 nitrogen and oxygen atoms in total. The lowest BCUT2D eigenvalue weighted by Crippen LogP contribution is -2.43. The van der Waals surface area contributed by atoms with Gasteiger partial charge in [0.1, 0.15) is 5.75 Å². The maximum Gasteiger partial charge on any atom is 0.258 e. The predicted molar refractivity (Wildman–Crippen MR) is 143 cm³/mol. The molecule has 1 saturated heterocycles. The molecule has 1 aliphatic rings. The Morgan fingerprint density at radius 1 is 0.914 bits per heavy atom. The van der Waals surface area contributed by atoms with Crippen LogP contribution < -0.4 is 10.1 Å². The highest BCUT2D eigenvalue weighted by Crippen LogP contribution is 2.33. The van der Waals surface area contributed by atoms with Gasteiger partial charge in [0.05, 0.1) is 0 Å². The third-order valence-corrected chi connectivity index (χ3v) is 6.85. The monoisotopic (exact) mass is 531 g/mol. The molecule has 1 heterocycles. The summed E-state index contributed by atoms with van der Waals surface area (Å²) in [5.74, 6) is 0.509. The van der Waals surface area contributed by atoms with Crippen LogP contribution >= 0.6 is 34.8 Å². The number of rotatable bonds is 8. The minimum atomic E-state index is -0.185. The van der Waals surface area contributed by atoms with Crippen LogP contribution in [0.3, 0.4) is 0 Å². The number of carbonyl (C=O) groups is 1. The molecule has 0 aliphatic carbocycles. The Morgan fingerprint density at radius 3 is 2.34 bits per heavy atom. The van der Waals surface area contributed by atoms with Crippen molar-refractivity contribution in [3.05, 3.63) is 86.9 Å². The molecule has 0 saturated carbocycles. The molecule has 0 unspecified atom stereocenters. The lowest BCUT2D eigenvalue weighted by atomic mass is 10.0. The third-order valence-electron chi connectivity index (χ3n) is 6.05. The number of amides is 1. The van der Waals surface area contributed by atoms with Gasteiger partial charge in [-0.3, -0.25) is 9.69 Å². The molecule has 0 aromatic heterocycles. The normalized spacial score (nSPS) is 14.6. The van der Waals surface area contributed by atoms with Gasteiger partial charge >= 0.3 is 0 Å². The number of hydrogen-bond donors (Lipinski definition) is 1. The lowest BCUT2D eigenvalue weighted by Gasteiger charge is -2.32. The van der Waals surface area contributed by atoms with Crippen LogP contribution in [0.1, 0.15) is 11.1 Å². The highest BCUT2D eigenvalue weighted by atomic mass is 35.5. The Labute approximate surface area is 221 Å². The van der Waals surface area contributed by atoms with Gasteiger partial charge in [-0.2, -0.15) is 0 Å². The Bertz CT molecular complexity index is 1160. The van der Waals surface area contributed by atoms with Crippen molar-refractivity contribution in [2.75, 3.05) is 39.8 Å². The van der Waals surface area contributed by atoms with E-state index < -0.39 is 0 Å². The van der Waals surface area contributed by atoms with Gasteiger partial charge in [-0.1, -0.05) is 59.1 Å². The van der Waals surface area contributed by atoms with E-state index in [2.05, 4.69) is 28.2 Å². The van der Waals surface area contributed by atoms with Crippen molar-refractivity contribution in [3.8, 4) is 16.9 Å². The fourth-order valence-corrected chi connectivity index (χ4v) is 4.62. The number of nitrogens with one attached hydrogen (secondary N) is 1. The van der Waals surface area contributed by atoms with Gasteiger partial charge in [0.25, 0.3) is 5.91 Å². The van der Waals surface area contributed by atoms with Crippen molar-refractivity contribution in [1.29, 1.82) is 0 Å². The molecule has 0 spiro atoms. The summed E-state index contributed by atoms with van der Waals surface area (Å²) in [5.41, 5.74) is 3.88. The van der Waals surface area contributed by atoms with E-state index in [0.717, 1.165) is 55.0 Å². The van der Waals surface area contributed by atoms with Crippen LogP contribution in [0.25, 0.3) is 11.1 Å². The smallest absolute Gasteiger partial charge is 0.258 e. The van der Waals surface area contributed by atoms with Crippen LogP contribution in [0.5, 0.6) is 5.75 Å². The largest absolute Gasteiger partial charge is 0.483 e. The summed E-state index contributed by atoms with van der Waals surface area (Å²) in [6.45, 7) is 5.07. The number of carbonyl (C=O) groups excluding carboxylic acids is 1. The van der Waals surface area contributed by atoms with Crippen LogP contribution in [0.4, 0.5) is 0 Å². The number of piperazine rings is 1. The summed E-state index contributed by atoms with van der Waals surface area (Å²) < 4.78 is 5.99. The Hall–Kier alpha value is -2.28. The molecule has 0 atom stereocenters. The van der Waals surface area contributed by atoms with Crippen molar-refractivity contribution >= 4 is 40.7 Å². The maximum absolute atomic E-state index is 12.5. The van der Waals surface area contributed by atoms with Crippen LogP contribution in [0, 0.1) is 0 Å². The van der Waals surface area contributed by atoms with Crippen molar-refractivity contribution in [2.24, 2.45) is 0 Å². The molecule has 3 aromatic rings. The number of benzene rings is 3. The summed E-state index contributed by atoms with van der Waals surface area (Å²) in [4.78, 5) is 17.2. The number of likely N-dealkylation sites (N-methyl/N-ethyl adjacent to an activating group) is 1. The second-order valence-electron chi connectivity index (χ2n) is 8.72. The minimum Gasteiger partial charge on any atom is -0.483 e. The van der Waals surface area contributed by atoms with E-state index in [-0.39, 0.29) is 12.5 Å². The molecule has 1 amide bonds. The third kappa shape index (κ3) is 7.35. The van der Waals surface area contributed by atoms with E-state index in [1.54, 1.807) is 18.2 Å². The van der Waals surface area contributed by atoms with Crippen LogP contribution in [0.15, 0.2) is 60.7 Å². The molecule has 8 heteroatoms. The van der Waals surface area contributed by atoms with Gasteiger partial charge < -0.3 is 15.0 Å². The van der Waals surface area contributed by atoms with Crippen molar-refractivity contribution in [3.63, 3.8) is 0 Å². The molecule has 35 heavy (non-hydrogen) atoms. The zero-order valence-corrected chi connectivity index (χ0v) is 21.8. The Kier molecular flexibility index (Phi) is 8.93. The Balaban J connectivity index is 1.47. The van der Waals surface area contributed by atoms with Crippen molar-refractivity contribution < 1.29 is 9.53 Å². The molecule has 0 radical (unpaired) electrons. The van der Waals surface area contributed by atoms with Gasteiger partial charge in [-0.15, -0.1) is 0 Å². The van der Waals surface area contributed by atoms with Crippen LogP contribution in [-0.4, -0.2) is 55.5 Å². The van der Waals surface area contributed by atoms with E-state index >= 15 is 0 Å². The first-order chi connectivity index (χ1) is 16.9. The molecule has 1 N–H and O–H groups in total. The zero-order valence-electron chi connectivity index (χ0n) is 19.6. The van der Waals surface area contributed by atoms with Gasteiger partial charge in [-0.25, -0.2) is 0 Å². The van der Waals surface area contributed by atoms with Crippen LogP contribution in [-0.2, 0) is 17.9 Å². The first-order valence-corrected chi connectivity index (χ1v) is 12.6. The first kappa shape index (κ1) is 25.8. The quantitative estimate of drug-likeness (QED) is 0.401. The fourth-order valence-electron chi connectivity index (χ4n) is 3.98. The molecule has 184 valence electrons. The standard InChI is InChI=1S/C27H28Cl3N3O2/c1-32-10-12-33(13-11-32)17-21-14-20(24-8-7-23(29)15-25(24)30)4-9-26(21)35-18-27(34)31-16-19-2-5-22(28)6-3-19/h2-9,14-15H,10-13,16-18H2,1H3,(H,31,34). The van der Waals surface area contributed by atoms with Crippen molar-refractivity contribution in [2.45, 2.75) is 13.1 Å². The van der Waals surface area contributed by atoms with Gasteiger partial charge in [0.2, 0.25) is 0 Å². The summed E-state index contributed by atoms with van der Waals surface area (Å²) >= 11 is 18.5. The summed E-state index contributed by atoms with van der Waals surface area (Å²) in [6.07, 6.45) is 0. The number of halogens is 3. The zero-order chi connectivity index (χ0) is 24.8. The van der Waals surface area contributed by atoms with Crippen molar-refractivity contribution in [1.82, 2.24) is 15.1 Å². The van der Waals surface area contributed by atoms with Gasteiger partial charge in [-0.05, 0) is 54.6 Å². The molecule has 1 fully saturated rings. The number of ether oxygens (including phenoxy) is 1. The van der Waals surface area contributed by atoms with E-state index in [1.165, 1.54) is 0 Å². The molecule has 3 aromatic carbocycles. The minimum absolute atomic E-state index is 0.0651. The summed E-state index contributed by atoms with van der Waals surface area (Å²) in [6, 6.07) is 18.8. The summed E-state index contributed by atoms with van der Waals surface area (Å²) in [7, 11) is 2.14. The SMILES string of the molecule is CN1CCN(Cc2cc(-c3ccc(Cl)cc3Cl)ccc2OCC(=O)NCc2ccc(Cl)cc2)CC1. The summed E-state index contributed by atoms with van der Waals surface area (Å²) in [5, 5.41) is 4.75. The molecule has 0 bridgehead atoms. The molecule has 4 rings (SSSR count). The fraction of sp³-hybridized carbons (Fsp3) is 0.296. The predicted octanol–water partition coefficient (Wildman–Crippen LogP) is 5.76. The van der Waals surface area contributed by atoms with E-state index in [4.69, 9.17) is 39.5 Å². The van der Waals surface area contributed by atoms with E-state index in [9.17, 15) is 4.79 Å². The molecule has 1 aliphatic heterocycles. The average molecular weight is 533 g/mol. The number of hydrogen-bond acceptors (Lipinski definition) is 4. The second-order valence-corrected chi connectivity index (χ2v) is 10.00. The second kappa shape index (κ2) is 12.1. The first-order valence-electron chi connectivity index (χ1n) is 11.5. The topological polar surface area (TPSA) is 44.8 Å². The maximum atomic E-state index is 12.5. The highest BCUT2D eigenvalue weighted by Gasteiger charge is 2.18. The highest BCUT2D eigenvalue weighted by molar-refractivity contribution is 6.36. The van der Waals surface area contributed by atoms with Gasteiger partial charge in [0.15, 0.2) is 6.61 Å². The Morgan fingerprint density at radius 2 is 1.63 bits per heavy atom. The average Bonchev–Trinajstić information content (AvgIpc) is 2.84. The molecular weight excluding hydrogens is 505 g/mol. The molecular formula is C27H28Cl3N3O2.